The number of rotatable bonds is 5. The summed E-state index contributed by atoms with van der Waals surface area (Å²) in [7, 11) is 1.84. The maximum absolute atomic E-state index is 13.2. The Kier molecular flexibility index (Phi) is 4.99. The molecule has 0 aliphatic carbocycles. The molecule has 2 aromatic rings. The maximum atomic E-state index is 13.2. The van der Waals surface area contributed by atoms with Gasteiger partial charge in [0.25, 0.3) is 0 Å². The van der Waals surface area contributed by atoms with E-state index in [0.29, 0.717) is 11.6 Å². The summed E-state index contributed by atoms with van der Waals surface area (Å²) in [5.74, 6) is 0.460. The lowest BCUT2D eigenvalue weighted by atomic mass is 9.98. The largest absolute Gasteiger partial charge is 0.494 e. The maximum Gasteiger partial charge on any atom is 0.124 e. The zero-order valence-corrected chi connectivity index (χ0v) is 12.2. The lowest BCUT2D eigenvalue weighted by molar-refractivity contribution is 0.334. The van der Waals surface area contributed by atoms with E-state index in [0.717, 1.165) is 16.9 Å². The van der Waals surface area contributed by atoms with E-state index < -0.39 is 0 Å². The lowest BCUT2D eigenvalue weighted by Crippen LogP contribution is -2.19. The molecule has 0 spiro atoms. The minimum Gasteiger partial charge on any atom is -0.494 e. The van der Waals surface area contributed by atoms with Crippen molar-refractivity contribution in [2.45, 2.75) is 13.0 Å². The molecule has 0 bridgehead atoms. The van der Waals surface area contributed by atoms with Crippen molar-refractivity contribution in [3.05, 3.63) is 64.4 Å². The molecule has 1 N–H and O–H groups in total. The summed E-state index contributed by atoms with van der Waals surface area (Å²) in [5.41, 5.74) is 1.80. The molecule has 20 heavy (non-hydrogen) atoms. The number of para-hydroxylation sites is 1. The summed E-state index contributed by atoms with van der Waals surface area (Å²) in [5, 5.41) is 3.61. The second-order valence-electron chi connectivity index (χ2n) is 4.36. The van der Waals surface area contributed by atoms with Crippen LogP contribution >= 0.6 is 11.6 Å². The van der Waals surface area contributed by atoms with Gasteiger partial charge in [0.1, 0.15) is 11.6 Å². The summed E-state index contributed by atoms with van der Waals surface area (Å²) in [6.07, 6.45) is 0. The van der Waals surface area contributed by atoms with Crippen LogP contribution in [0.2, 0.25) is 5.02 Å². The minimum absolute atomic E-state index is 0.147. The molecule has 0 saturated heterocycles. The van der Waals surface area contributed by atoms with Crippen LogP contribution in [0.3, 0.4) is 0 Å². The topological polar surface area (TPSA) is 21.3 Å². The summed E-state index contributed by atoms with van der Waals surface area (Å²) in [6.45, 7) is 2.53. The number of benzene rings is 2. The molecule has 0 amide bonds. The molecule has 2 rings (SSSR count). The zero-order chi connectivity index (χ0) is 14.5. The van der Waals surface area contributed by atoms with Crippen LogP contribution in [0.5, 0.6) is 5.75 Å². The van der Waals surface area contributed by atoms with Gasteiger partial charge in [0.15, 0.2) is 0 Å². The molecular weight excluding hydrogens is 277 g/mol. The highest BCUT2D eigenvalue weighted by molar-refractivity contribution is 6.31. The molecule has 0 saturated carbocycles. The fourth-order valence-corrected chi connectivity index (χ4v) is 2.50. The van der Waals surface area contributed by atoms with E-state index in [1.165, 1.54) is 12.1 Å². The van der Waals surface area contributed by atoms with E-state index in [1.54, 1.807) is 6.07 Å². The highest BCUT2D eigenvalue weighted by atomic mass is 35.5. The Hall–Kier alpha value is -1.58. The Bertz CT molecular complexity index is 588. The van der Waals surface area contributed by atoms with E-state index in [1.807, 2.05) is 38.2 Å². The highest BCUT2D eigenvalue weighted by Gasteiger charge is 2.19. The summed E-state index contributed by atoms with van der Waals surface area (Å²) in [4.78, 5) is 0. The van der Waals surface area contributed by atoms with Crippen LogP contribution in [-0.4, -0.2) is 13.7 Å². The Balaban J connectivity index is 2.47. The van der Waals surface area contributed by atoms with Crippen molar-refractivity contribution in [2.75, 3.05) is 13.7 Å². The standard InChI is InChI=1S/C16H17ClFNO/c1-3-20-15-7-5-4-6-13(15)16(19-2)12-9-8-11(18)10-14(12)17/h4-10,16,19H,3H2,1-2H3. The van der Waals surface area contributed by atoms with Crippen molar-refractivity contribution < 1.29 is 9.13 Å². The van der Waals surface area contributed by atoms with Gasteiger partial charge in [-0.15, -0.1) is 0 Å². The molecule has 1 atom stereocenters. The van der Waals surface area contributed by atoms with Crippen LogP contribution < -0.4 is 10.1 Å². The second kappa shape index (κ2) is 6.73. The predicted octanol–water partition coefficient (Wildman–Crippen LogP) is 4.19. The average molecular weight is 294 g/mol. The van der Waals surface area contributed by atoms with Crippen LogP contribution in [0.25, 0.3) is 0 Å². The van der Waals surface area contributed by atoms with Crippen molar-refractivity contribution in [2.24, 2.45) is 0 Å². The van der Waals surface area contributed by atoms with Gasteiger partial charge in [-0.2, -0.15) is 0 Å². The fraction of sp³-hybridized carbons (Fsp3) is 0.250. The predicted molar refractivity (Wildman–Crippen MR) is 79.9 cm³/mol. The number of nitrogens with one attached hydrogen (secondary N) is 1. The molecule has 0 radical (unpaired) electrons. The first-order valence-electron chi connectivity index (χ1n) is 6.51. The van der Waals surface area contributed by atoms with Gasteiger partial charge in [-0.25, -0.2) is 4.39 Å². The van der Waals surface area contributed by atoms with Crippen molar-refractivity contribution in [1.82, 2.24) is 5.32 Å². The summed E-state index contributed by atoms with van der Waals surface area (Å²) in [6, 6.07) is 12.0. The number of hydrogen-bond donors (Lipinski definition) is 1. The zero-order valence-electron chi connectivity index (χ0n) is 11.5. The average Bonchev–Trinajstić information content (AvgIpc) is 2.44. The molecule has 0 fully saturated rings. The Morgan fingerprint density at radius 3 is 2.60 bits per heavy atom. The van der Waals surface area contributed by atoms with E-state index in [4.69, 9.17) is 16.3 Å². The first-order chi connectivity index (χ1) is 9.67. The van der Waals surface area contributed by atoms with Crippen LogP contribution in [0.15, 0.2) is 42.5 Å². The summed E-state index contributed by atoms with van der Waals surface area (Å²) >= 11 is 6.16. The minimum atomic E-state index is -0.341. The van der Waals surface area contributed by atoms with Gasteiger partial charge in [0.2, 0.25) is 0 Å². The van der Waals surface area contributed by atoms with Crippen LogP contribution in [0, 0.1) is 5.82 Å². The van der Waals surface area contributed by atoms with Gasteiger partial charge in [-0.3, -0.25) is 0 Å². The van der Waals surface area contributed by atoms with Crippen LogP contribution in [0.1, 0.15) is 24.1 Å². The molecule has 2 aromatic carbocycles. The monoisotopic (exact) mass is 293 g/mol. The number of hydrogen-bond acceptors (Lipinski definition) is 2. The Morgan fingerprint density at radius 2 is 1.95 bits per heavy atom. The van der Waals surface area contributed by atoms with E-state index in [-0.39, 0.29) is 11.9 Å². The van der Waals surface area contributed by atoms with Gasteiger partial charge in [0.05, 0.1) is 12.6 Å². The molecule has 2 nitrogen and oxygen atoms in total. The molecule has 0 aliphatic rings. The van der Waals surface area contributed by atoms with Gasteiger partial charge < -0.3 is 10.1 Å². The number of ether oxygens (including phenoxy) is 1. The second-order valence-corrected chi connectivity index (χ2v) is 4.77. The van der Waals surface area contributed by atoms with Crippen molar-refractivity contribution in [3.63, 3.8) is 0 Å². The van der Waals surface area contributed by atoms with Gasteiger partial charge in [0, 0.05) is 10.6 Å². The van der Waals surface area contributed by atoms with Gasteiger partial charge in [-0.1, -0.05) is 35.9 Å². The Labute approximate surface area is 123 Å². The molecule has 1 unspecified atom stereocenters. The van der Waals surface area contributed by atoms with Crippen LogP contribution in [-0.2, 0) is 0 Å². The van der Waals surface area contributed by atoms with Crippen molar-refractivity contribution in [3.8, 4) is 5.75 Å². The fourth-order valence-electron chi connectivity index (χ4n) is 2.22. The van der Waals surface area contributed by atoms with E-state index in [2.05, 4.69) is 5.32 Å². The molecule has 106 valence electrons. The SMILES string of the molecule is CCOc1ccccc1C(NC)c1ccc(F)cc1Cl. The first-order valence-corrected chi connectivity index (χ1v) is 6.89. The number of halogens is 2. The molecule has 0 aliphatic heterocycles. The van der Waals surface area contributed by atoms with Gasteiger partial charge >= 0.3 is 0 Å². The smallest absolute Gasteiger partial charge is 0.124 e. The normalized spacial score (nSPS) is 12.2. The lowest BCUT2D eigenvalue weighted by Gasteiger charge is -2.21. The molecule has 0 heterocycles. The van der Waals surface area contributed by atoms with E-state index in [9.17, 15) is 4.39 Å². The third-order valence-electron chi connectivity index (χ3n) is 3.09. The first kappa shape index (κ1) is 14.8. The van der Waals surface area contributed by atoms with Crippen molar-refractivity contribution in [1.29, 1.82) is 0 Å². The third kappa shape index (κ3) is 3.11. The van der Waals surface area contributed by atoms with Crippen LogP contribution in [0.4, 0.5) is 4.39 Å². The Morgan fingerprint density at radius 1 is 1.20 bits per heavy atom. The third-order valence-corrected chi connectivity index (χ3v) is 3.42. The van der Waals surface area contributed by atoms with Gasteiger partial charge in [-0.05, 0) is 37.7 Å². The molecule has 0 aromatic heterocycles. The van der Waals surface area contributed by atoms with Crippen molar-refractivity contribution >= 4 is 11.6 Å². The highest BCUT2D eigenvalue weighted by Crippen LogP contribution is 2.33. The summed E-state index contributed by atoms with van der Waals surface area (Å²) < 4.78 is 18.8. The quantitative estimate of drug-likeness (QED) is 0.892. The van der Waals surface area contributed by atoms with E-state index >= 15 is 0 Å². The molecule has 4 heteroatoms. The molecular formula is C16H17ClFNO.